The fraction of sp³-hybridized carbons (Fsp3) is 0.148. The molecular formula is C54H46N6O. The van der Waals surface area contributed by atoms with E-state index in [2.05, 4.69) is 211 Å². The van der Waals surface area contributed by atoms with Gasteiger partial charge in [-0.15, -0.1) is 0 Å². The summed E-state index contributed by atoms with van der Waals surface area (Å²) in [5.74, 6) is 3.11. The van der Waals surface area contributed by atoms with Crippen molar-refractivity contribution in [3.8, 4) is 28.6 Å². The first-order valence-electron chi connectivity index (χ1n) is 21.2. The molecule has 4 aromatic heterocycles. The fourth-order valence-electron chi connectivity index (χ4n) is 9.38. The lowest BCUT2D eigenvalue weighted by Gasteiger charge is -2.21. The molecule has 6 aromatic carbocycles. The van der Waals surface area contributed by atoms with Crippen molar-refractivity contribution in [2.75, 3.05) is 11.6 Å². The molecule has 11 rings (SSSR count). The summed E-state index contributed by atoms with van der Waals surface area (Å²) in [6, 6.07) is 51.6. The van der Waals surface area contributed by atoms with Gasteiger partial charge in [0.25, 0.3) is 0 Å². The maximum atomic E-state index is 6.80. The highest BCUT2D eigenvalue weighted by atomic mass is 16.5. The number of hydrogen-bond acceptors (Lipinski definition) is 5. The molecule has 10 aromatic rings. The number of rotatable bonds is 9. The van der Waals surface area contributed by atoms with Gasteiger partial charge in [0.05, 0.1) is 35.1 Å². The molecule has 61 heavy (non-hydrogen) atoms. The predicted molar refractivity (Wildman–Crippen MR) is 251 cm³/mol. The minimum atomic E-state index is 0.362. The van der Waals surface area contributed by atoms with Crippen LogP contribution in [0.2, 0.25) is 0 Å². The van der Waals surface area contributed by atoms with Crippen molar-refractivity contribution >= 4 is 54.8 Å². The van der Waals surface area contributed by atoms with E-state index in [1.165, 1.54) is 38.7 Å². The number of aromatic nitrogens is 4. The van der Waals surface area contributed by atoms with Crippen molar-refractivity contribution in [1.29, 1.82) is 0 Å². The van der Waals surface area contributed by atoms with Gasteiger partial charge in [-0.05, 0) is 101 Å². The van der Waals surface area contributed by atoms with E-state index >= 15 is 0 Å². The minimum absolute atomic E-state index is 0.362. The van der Waals surface area contributed by atoms with Crippen LogP contribution >= 0.6 is 0 Å². The number of imidazole rings is 1. The Morgan fingerprint density at radius 1 is 0.574 bits per heavy atom. The monoisotopic (exact) mass is 794 g/mol. The summed E-state index contributed by atoms with van der Waals surface area (Å²) in [5, 5.41) is 5.69. The smallest absolute Gasteiger partial charge is 0.145 e. The van der Waals surface area contributed by atoms with Gasteiger partial charge >= 0.3 is 0 Å². The largest absolute Gasteiger partial charge is 0.457 e. The summed E-state index contributed by atoms with van der Waals surface area (Å²) in [6.07, 6.45) is 8.30. The second-order valence-corrected chi connectivity index (χ2v) is 16.8. The number of hydrogen-bond donors (Lipinski definition) is 0. The summed E-state index contributed by atoms with van der Waals surface area (Å²) >= 11 is 0. The quantitative estimate of drug-likeness (QED) is 0.136. The molecule has 7 heteroatoms. The molecule has 0 bridgehead atoms. The topological polar surface area (TPSA) is 50.8 Å². The first kappa shape index (κ1) is 36.7. The summed E-state index contributed by atoms with van der Waals surface area (Å²) in [4.78, 5) is 14.7. The average molecular weight is 795 g/mol. The van der Waals surface area contributed by atoms with E-state index in [1.807, 2.05) is 6.20 Å². The van der Waals surface area contributed by atoms with Crippen LogP contribution in [0.3, 0.4) is 0 Å². The number of pyridine rings is 2. The van der Waals surface area contributed by atoms with E-state index in [1.54, 1.807) is 0 Å². The molecular weight excluding hydrogens is 749 g/mol. The molecule has 0 saturated heterocycles. The standard InChI is InChI=1S/C54H46N6O/c1-35(2)41-17-12-18-42(36(3)4)53(41)51-32-56-54-47-30-39(21-23-43(47)44-15-8-11-20-49(44)60(51)54)61-40-22-24-46-45-16-9-10-19-48(45)59(50(46)31-40)52-29-37(25-26-55-52)33-57-27-28-58(34-57)38-13-6-5-7-14-38/h5-32,35-36H,33-34H2,1-4H3. The number of benzene rings is 6. The van der Waals surface area contributed by atoms with Crippen LogP contribution in [0.5, 0.6) is 11.5 Å². The van der Waals surface area contributed by atoms with E-state index in [0.29, 0.717) is 11.8 Å². The zero-order valence-corrected chi connectivity index (χ0v) is 34.8. The highest BCUT2D eigenvalue weighted by molar-refractivity contribution is 6.13. The summed E-state index contributed by atoms with van der Waals surface area (Å²) in [7, 11) is 0. The number of ether oxygens (including phenoxy) is 1. The molecule has 0 amide bonds. The SMILES string of the molecule is CC(C)c1cccc(C(C)C)c1-c1cnc2c3cc(Oc4ccc5c6ccccc6n(-c6cc(CN7C=CN(c8ccccc8)C7)ccn6)c5c4)ccc3c3ccccc3n12. The van der Waals surface area contributed by atoms with Gasteiger partial charge in [-0.1, -0.05) is 100 Å². The second kappa shape index (κ2) is 14.7. The van der Waals surface area contributed by atoms with Crippen molar-refractivity contribution in [3.05, 3.63) is 187 Å². The molecule has 7 nitrogen and oxygen atoms in total. The Kier molecular flexibility index (Phi) is 8.85. The van der Waals surface area contributed by atoms with Crippen LogP contribution in [0.4, 0.5) is 5.69 Å². The molecule has 0 fully saturated rings. The predicted octanol–water partition coefficient (Wildman–Crippen LogP) is 13.6. The van der Waals surface area contributed by atoms with Crippen molar-refractivity contribution < 1.29 is 4.74 Å². The Hall–Kier alpha value is -7.38. The third-order valence-corrected chi connectivity index (χ3v) is 12.2. The van der Waals surface area contributed by atoms with Crippen LogP contribution in [0.1, 0.15) is 56.2 Å². The summed E-state index contributed by atoms with van der Waals surface area (Å²) < 4.78 is 11.4. The Labute approximate surface area is 355 Å². The van der Waals surface area contributed by atoms with Gasteiger partial charge in [-0.2, -0.15) is 0 Å². The zero-order valence-electron chi connectivity index (χ0n) is 34.8. The van der Waals surface area contributed by atoms with Gasteiger partial charge in [0, 0.05) is 64.0 Å². The maximum absolute atomic E-state index is 6.80. The van der Waals surface area contributed by atoms with Crippen LogP contribution in [-0.2, 0) is 6.54 Å². The summed E-state index contributed by atoms with van der Waals surface area (Å²) in [6.45, 7) is 10.7. The van der Waals surface area contributed by atoms with Crippen LogP contribution in [0.25, 0.3) is 66.2 Å². The van der Waals surface area contributed by atoms with Crippen molar-refractivity contribution in [2.24, 2.45) is 0 Å². The number of fused-ring (bicyclic) bond motifs is 9. The van der Waals surface area contributed by atoms with E-state index in [9.17, 15) is 0 Å². The van der Waals surface area contributed by atoms with Gasteiger partial charge in [0.2, 0.25) is 0 Å². The third-order valence-electron chi connectivity index (χ3n) is 12.2. The molecule has 0 aliphatic carbocycles. The lowest BCUT2D eigenvalue weighted by atomic mass is 9.87. The molecule has 0 atom stereocenters. The van der Waals surface area contributed by atoms with Crippen LogP contribution in [-0.4, -0.2) is 30.5 Å². The number of anilines is 1. The fourth-order valence-corrected chi connectivity index (χ4v) is 9.38. The van der Waals surface area contributed by atoms with E-state index in [0.717, 1.165) is 74.6 Å². The van der Waals surface area contributed by atoms with Crippen molar-refractivity contribution in [2.45, 2.75) is 46.1 Å². The Bertz CT molecular complexity index is 3300. The highest BCUT2D eigenvalue weighted by Crippen LogP contribution is 2.41. The highest BCUT2D eigenvalue weighted by Gasteiger charge is 2.22. The zero-order chi connectivity index (χ0) is 41.2. The number of para-hydroxylation sites is 3. The van der Waals surface area contributed by atoms with Gasteiger partial charge in [0.15, 0.2) is 0 Å². The lowest BCUT2D eigenvalue weighted by Crippen LogP contribution is -2.24. The number of nitrogens with zero attached hydrogens (tertiary/aromatic N) is 6. The molecule has 5 heterocycles. The van der Waals surface area contributed by atoms with Crippen LogP contribution in [0.15, 0.2) is 170 Å². The molecule has 0 saturated carbocycles. The van der Waals surface area contributed by atoms with Crippen LogP contribution in [0, 0.1) is 0 Å². The minimum Gasteiger partial charge on any atom is -0.457 e. The first-order valence-corrected chi connectivity index (χ1v) is 21.2. The van der Waals surface area contributed by atoms with Gasteiger partial charge < -0.3 is 14.5 Å². The lowest BCUT2D eigenvalue weighted by molar-refractivity contribution is 0.400. The molecule has 1 aliphatic rings. The van der Waals surface area contributed by atoms with Crippen LogP contribution < -0.4 is 9.64 Å². The van der Waals surface area contributed by atoms with E-state index < -0.39 is 0 Å². The van der Waals surface area contributed by atoms with E-state index in [4.69, 9.17) is 14.7 Å². The molecule has 0 spiro atoms. The Balaban J connectivity index is 0.983. The van der Waals surface area contributed by atoms with Crippen molar-refractivity contribution in [1.82, 2.24) is 23.8 Å². The molecule has 1 aliphatic heterocycles. The van der Waals surface area contributed by atoms with Crippen molar-refractivity contribution in [3.63, 3.8) is 0 Å². The molecule has 0 radical (unpaired) electrons. The average Bonchev–Trinajstić information content (AvgIpc) is 4.03. The van der Waals surface area contributed by atoms with Gasteiger partial charge in [-0.25, -0.2) is 9.97 Å². The Morgan fingerprint density at radius 2 is 1.25 bits per heavy atom. The third kappa shape index (κ3) is 6.27. The Morgan fingerprint density at radius 3 is 2.02 bits per heavy atom. The second-order valence-electron chi connectivity index (χ2n) is 16.8. The molecule has 298 valence electrons. The van der Waals surface area contributed by atoms with Gasteiger partial charge in [0.1, 0.15) is 23.0 Å². The maximum Gasteiger partial charge on any atom is 0.145 e. The first-order chi connectivity index (χ1) is 29.9. The summed E-state index contributed by atoms with van der Waals surface area (Å²) in [5.41, 5.74) is 11.6. The molecule has 0 N–H and O–H groups in total. The molecule has 0 unspecified atom stereocenters. The normalized spacial score (nSPS) is 13.1. The van der Waals surface area contributed by atoms with Gasteiger partial charge in [-0.3, -0.25) is 8.97 Å². The van der Waals surface area contributed by atoms with E-state index in [-0.39, 0.29) is 0 Å².